The van der Waals surface area contributed by atoms with Crippen LogP contribution in [-0.2, 0) is 38.1 Å². The summed E-state index contributed by atoms with van der Waals surface area (Å²) < 4.78 is 29.8. The summed E-state index contributed by atoms with van der Waals surface area (Å²) >= 11 is 0. The van der Waals surface area contributed by atoms with Gasteiger partial charge in [0.15, 0.2) is 17.5 Å². The van der Waals surface area contributed by atoms with E-state index in [0.29, 0.717) is 5.56 Å². The van der Waals surface area contributed by atoms with Gasteiger partial charge in [-0.25, -0.2) is 14.4 Å². The predicted molar refractivity (Wildman–Crippen MR) is 204 cm³/mol. The molecule has 1 saturated heterocycles. The standard InChI is InChI=1S/C43H53NO14/c1-22-26(55-37(51)32(48)30(24-15-11-9-12-16-24)44-38(52)58-39(3,4)5)20-42(40(6,7)53)29(22)31(47)34(49)41(8)27(46)19-28-43(21-54-28,57-23(2)45)33(41)35(42)56-36(50)25-17-13-10-14-18-25/h9-18,26-28,30-33,35,46-48,53H,19-21H2,1-8H3,(H,44,52)/t26-,27-,28+,30-,31+,32+,33-,35-,41+,42?,43-/m0/s1. The molecule has 2 saturated carbocycles. The SMILES string of the molecule is CC(=O)O[C@@]12CO[C@@H]1C[C@H](O)[C@@]1(C)C(=O)[C@H](O)C3=C(C)[C@@H](OC(=O)[C@H](O)[C@@H](NC(=O)OC(C)(C)C)c4ccccc4)CC3(C(C)(C)O)[C@@H](OC(=O)c3ccccc3)[C@H]21. The van der Waals surface area contributed by atoms with Crippen molar-refractivity contribution in [1.82, 2.24) is 5.32 Å². The molecule has 0 bridgehead atoms. The fraction of sp³-hybridized carbons (Fsp3) is 0.558. The number of carbonyl (C=O) groups is 5. The van der Waals surface area contributed by atoms with Gasteiger partial charge in [-0.3, -0.25) is 9.59 Å². The van der Waals surface area contributed by atoms with Gasteiger partial charge < -0.3 is 49.4 Å². The lowest BCUT2D eigenvalue weighted by molar-refractivity contribution is -0.337. The van der Waals surface area contributed by atoms with Gasteiger partial charge in [0.2, 0.25) is 0 Å². The first-order valence-corrected chi connectivity index (χ1v) is 19.3. The van der Waals surface area contributed by atoms with Crippen molar-refractivity contribution in [2.45, 2.75) is 128 Å². The predicted octanol–water partition coefficient (Wildman–Crippen LogP) is 3.26. The number of ether oxygens (including phenoxy) is 5. The first-order chi connectivity index (χ1) is 27.0. The molecular weight excluding hydrogens is 754 g/mol. The smallest absolute Gasteiger partial charge is 0.408 e. The normalized spacial score (nSPS) is 32.9. The maximum atomic E-state index is 14.9. The molecule has 15 heteroatoms. The van der Waals surface area contributed by atoms with Crippen molar-refractivity contribution in [3.8, 4) is 0 Å². The van der Waals surface area contributed by atoms with Crippen LogP contribution in [-0.4, -0.2) is 110 Å². The van der Waals surface area contributed by atoms with E-state index in [1.807, 2.05) is 0 Å². The van der Waals surface area contributed by atoms with Crippen LogP contribution in [0.15, 0.2) is 71.8 Å². The van der Waals surface area contributed by atoms with Crippen LogP contribution in [0, 0.1) is 16.7 Å². The third-order valence-electron chi connectivity index (χ3n) is 12.4. The Labute approximate surface area is 336 Å². The topological polar surface area (TPSA) is 224 Å². The molecule has 0 radical (unpaired) electrons. The van der Waals surface area contributed by atoms with E-state index in [0.717, 1.165) is 0 Å². The minimum absolute atomic E-state index is 0.0984. The van der Waals surface area contributed by atoms with Crippen molar-refractivity contribution >= 4 is 29.8 Å². The van der Waals surface area contributed by atoms with E-state index in [2.05, 4.69) is 5.32 Å². The number of nitrogens with one attached hydrogen (secondary N) is 1. The molecule has 11 atom stereocenters. The van der Waals surface area contributed by atoms with Crippen LogP contribution in [0.1, 0.15) is 90.2 Å². The minimum Gasteiger partial charge on any atom is -0.457 e. The molecule has 0 spiro atoms. The van der Waals surface area contributed by atoms with Crippen molar-refractivity contribution in [2.24, 2.45) is 16.7 Å². The molecular formula is C43H53NO14. The van der Waals surface area contributed by atoms with Gasteiger partial charge in [-0.05, 0) is 77.3 Å². The first-order valence-electron chi connectivity index (χ1n) is 19.3. The number of alkyl carbamates (subject to hydrolysis) is 1. The number of hydrogen-bond donors (Lipinski definition) is 5. The number of hydrogen-bond acceptors (Lipinski definition) is 14. The molecule has 314 valence electrons. The lowest BCUT2D eigenvalue weighted by Crippen LogP contribution is -2.78. The molecule has 3 fully saturated rings. The second-order valence-electron chi connectivity index (χ2n) is 17.6. The second kappa shape index (κ2) is 15.2. The Morgan fingerprint density at radius 3 is 2.09 bits per heavy atom. The Kier molecular flexibility index (Phi) is 11.2. The number of Topliss-reactive ketones (excluding diaryl/α,β-unsaturated/α-hetero) is 1. The number of fused-ring (bicyclic) bond motifs is 4. The second-order valence-corrected chi connectivity index (χ2v) is 17.6. The molecule has 15 nitrogen and oxygen atoms in total. The van der Waals surface area contributed by atoms with Crippen molar-refractivity contribution in [2.75, 3.05) is 6.61 Å². The zero-order valence-electron chi connectivity index (χ0n) is 33.9. The quantitative estimate of drug-likeness (QED) is 0.139. The van der Waals surface area contributed by atoms with Crippen LogP contribution in [0.5, 0.6) is 0 Å². The fourth-order valence-electron chi connectivity index (χ4n) is 9.69. The van der Waals surface area contributed by atoms with Crippen LogP contribution in [0.4, 0.5) is 4.79 Å². The van der Waals surface area contributed by atoms with Crippen LogP contribution in [0.2, 0.25) is 0 Å². The van der Waals surface area contributed by atoms with Gasteiger partial charge in [0.1, 0.15) is 30.0 Å². The number of rotatable bonds is 9. The number of amides is 1. The lowest BCUT2D eigenvalue weighted by atomic mass is 9.50. The summed E-state index contributed by atoms with van der Waals surface area (Å²) in [6.07, 6.45) is -11.0. The van der Waals surface area contributed by atoms with Gasteiger partial charge in [0.05, 0.1) is 46.7 Å². The van der Waals surface area contributed by atoms with E-state index < -0.39 is 112 Å². The highest BCUT2D eigenvalue weighted by molar-refractivity contribution is 5.95. The largest absolute Gasteiger partial charge is 0.457 e. The molecule has 3 aliphatic carbocycles. The van der Waals surface area contributed by atoms with Crippen molar-refractivity contribution in [3.63, 3.8) is 0 Å². The molecule has 4 aliphatic rings. The summed E-state index contributed by atoms with van der Waals surface area (Å²) in [4.78, 5) is 69.0. The first kappa shape index (κ1) is 42.9. The zero-order chi connectivity index (χ0) is 42.7. The van der Waals surface area contributed by atoms with Gasteiger partial charge in [-0.1, -0.05) is 48.5 Å². The van der Waals surface area contributed by atoms with E-state index in [4.69, 9.17) is 23.7 Å². The molecule has 1 unspecified atom stereocenters. The maximum absolute atomic E-state index is 14.9. The Hall–Kier alpha value is -4.67. The molecule has 5 N–H and O–H groups in total. The molecule has 58 heavy (non-hydrogen) atoms. The summed E-state index contributed by atoms with van der Waals surface area (Å²) in [5, 5.41) is 50.7. The van der Waals surface area contributed by atoms with E-state index in [9.17, 15) is 44.4 Å². The monoisotopic (exact) mass is 807 g/mol. The molecule has 6 rings (SSSR count). The summed E-state index contributed by atoms with van der Waals surface area (Å²) in [5.74, 6) is -5.18. The summed E-state index contributed by atoms with van der Waals surface area (Å²) in [5.41, 5.74) is -8.10. The van der Waals surface area contributed by atoms with Crippen molar-refractivity contribution < 1.29 is 68.1 Å². The number of benzene rings is 2. The van der Waals surface area contributed by atoms with Gasteiger partial charge in [0.25, 0.3) is 0 Å². The third-order valence-corrected chi connectivity index (χ3v) is 12.4. The summed E-state index contributed by atoms with van der Waals surface area (Å²) in [7, 11) is 0. The summed E-state index contributed by atoms with van der Waals surface area (Å²) in [6, 6.07) is 14.7. The maximum Gasteiger partial charge on any atom is 0.408 e. The van der Waals surface area contributed by atoms with Crippen LogP contribution in [0.3, 0.4) is 0 Å². The number of aliphatic hydroxyl groups excluding tert-OH is 3. The highest BCUT2D eigenvalue weighted by Gasteiger charge is 2.79. The molecule has 1 heterocycles. The molecule has 1 amide bonds. The third kappa shape index (κ3) is 7.10. The molecule has 1 aliphatic heterocycles. The zero-order valence-corrected chi connectivity index (χ0v) is 33.9. The molecule has 2 aromatic rings. The van der Waals surface area contributed by atoms with Crippen LogP contribution >= 0.6 is 0 Å². The number of esters is 3. The van der Waals surface area contributed by atoms with Gasteiger partial charge in [0, 0.05) is 19.8 Å². The number of ketones is 1. The van der Waals surface area contributed by atoms with E-state index in [-0.39, 0.29) is 29.7 Å². The van der Waals surface area contributed by atoms with E-state index >= 15 is 0 Å². The minimum atomic E-state index is -2.06. The molecule has 0 aromatic heterocycles. The van der Waals surface area contributed by atoms with E-state index in [1.165, 1.54) is 46.8 Å². The Morgan fingerprint density at radius 1 is 0.948 bits per heavy atom. The highest BCUT2D eigenvalue weighted by Crippen LogP contribution is 2.67. The fourth-order valence-corrected chi connectivity index (χ4v) is 9.69. The van der Waals surface area contributed by atoms with Gasteiger partial charge in [-0.2, -0.15) is 0 Å². The highest BCUT2D eigenvalue weighted by atomic mass is 16.6. The van der Waals surface area contributed by atoms with Gasteiger partial charge in [-0.15, -0.1) is 0 Å². The van der Waals surface area contributed by atoms with Crippen LogP contribution < -0.4 is 5.32 Å². The lowest BCUT2D eigenvalue weighted by Gasteiger charge is -2.64. The van der Waals surface area contributed by atoms with E-state index in [1.54, 1.807) is 69.3 Å². The van der Waals surface area contributed by atoms with Crippen LogP contribution in [0.25, 0.3) is 0 Å². The Bertz CT molecular complexity index is 1970. The Balaban J connectivity index is 1.49. The van der Waals surface area contributed by atoms with Crippen molar-refractivity contribution in [1.29, 1.82) is 0 Å². The number of carbonyl (C=O) groups excluding carboxylic acids is 5. The summed E-state index contributed by atoms with van der Waals surface area (Å²) in [6.45, 7) is 11.6. The van der Waals surface area contributed by atoms with Crippen molar-refractivity contribution in [3.05, 3.63) is 82.9 Å². The number of aliphatic hydroxyl groups is 4. The molecule has 2 aromatic carbocycles. The Morgan fingerprint density at radius 2 is 1.55 bits per heavy atom. The average molecular weight is 808 g/mol. The average Bonchev–Trinajstić information content (AvgIpc) is 3.42. The van der Waals surface area contributed by atoms with Gasteiger partial charge >= 0.3 is 24.0 Å².